The normalized spacial score (nSPS) is 10.0. The zero-order valence-electron chi connectivity index (χ0n) is 14.4. The van der Waals surface area contributed by atoms with Crippen molar-refractivity contribution in [1.29, 1.82) is 0 Å². The van der Waals surface area contributed by atoms with Gasteiger partial charge in [-0.15, -0.1) is 0 Å². The van der Waals surface area contributed by atoms with Crippen LogP contribution in [0.2, 0.25) is 0 Å². The third kappa shape index (κ3) is 7.57. The molecule has 7 heteroatoms. The first-order valence-corrected chi connectivity index (χ1v) is 8.41. The van der Waals surface area contributed by atoms with Crippen LogP contribution in [0.15, 0.2) is 54.7 Å². The van der Waals surface area contributed by atoms with Crippen molar-refractivity contribution < 1.29 is 14.4 Å². The molecule has 0 spiro atoms. The molecule has 3 N–H and O–H groups in total. The van der Waals surface area contributed by atoms with Gasteiger partial charge in [0.25, 0.3) is 0 Å². The molecule has 1 heterocycles. The summed E-state index contributed by atoms with van der Waals surface area (Å²) >= 11 is 0. The van der Waals surface area contributed by atoms with E-state index in [0.29, 0.717) is 13.0 Å². The van der Waals surface area contributed by atoms with E-state index in [4.69, 9.17) is 0 Å². The second-order valence-corrected chi connectivity index (χ2v) is 5.71. The van der Waals surface area contributed by atoms with Crippen LogP contribution < -0.4 is 16.2 Å². The molecule has 0 aliphatic carbocycles. The van der Waals surface area contributed by atoms with Gasteiger partial charge < -0.3 is 5.32 Å². The Morgan fingerprint density at radius 3 is 2.23 bits per heavy atom. The Balaban J connectivity index is 1.55. The molecular weight excluding hydrogens is 332 g/mol. The fraction of sp³-hybridized carbons (Fsp3) is 0.263. The fourth-order valence-electron chi connectivity index (χ4n) is 2.22. The fourth-order valence-corrected chi connectivity index (χ4v) is 2.22. The molecule has 2 aromatic rings. The number of rotatable bonds is 8. The number of benzene rings is 1. The van der Waals surface area contributed by atoms with E-state index in [0.717, 1.165) is 11.3 Å². The van der Waals surface area contributed by atoms with Crippen LogP contribution in [0.4, 0.5) is 0 Å². The summed E-state index contributed by atoms with van der Waals surface area (Å²) in [6.45, 7) is 0.363. The van der Waals surface area contributed by atoms with Gasteiger partial charge in [0.1, 0.15) is 0 Å². The Hall–Kier alpha value is -3.22. The molecule has 0 bridgehead atoms. The van der Waals surface area contributed by atoms with E-state index in [-0.39, 0.29) is 37.0 Å². The molecule has 3 amide bonds. The Labute approximate surface area is 152 Å². The van der Waals surface area contributed by atoms with Crippen LogP contribution in [-0.2, 0) is 27.3 Å². The van der Waals surface area contributed by atoms with Gasteiger partial charge in [-0.2, -0.15) is 0 Å². The molecule has 0 fully saturated rings. The zero-order valence-corrected chi connectivity index (χ0v) is 14.4. The summed E-state index contributed by atoms with van der Waals surface area (Å²) in [5, 5.41) is 2.75. The third-order valence-corrected chi connectivity index (χ3v) is 3.55. The molecule has 136 valence electrons. The molecule has 0 aliphatic heterocycles. The first kappa shape index (κ1) is 19.1. The van der Waals surface area contributed by atoms with Crippen LogP contribution in [0.5, 0.6) is 0 Å². The summed E-state index contributed by atoms with van der Waals surface area (Å²) in [5.74, 6) is -0.766. The van der Waals surface area contributed by atoms with Gasteiger partial charge >= 0.3 is 0 Å². The summed E-state index contributed by atoms with van der Waals surface area (Å²) in [4.78, 5) is 39.3. The summed E-state index contributed by atoms with van der Waals surface area (Å²) in [6, 6.07) is 14.7. The van der Waals surface area contributed by atoms with Crippen molar-refractivity contribution in [1.82, 2.24) is 21.2 Å². The molecular formula is C19H22N4O3. The molecule has 0 aliphatic rings. The quantitative estimate of drug-likeness (QED) is 0.621. The average Bonchev–Trinajstić information content (AvgIpc) is 2.66. The maximum absolute atomic E-state index is 11.7. The summed E-state index contributed by atoms with van der Waals surface area (Å²) in [5.41, 5.74) is 6.36. The highest BCUT2D eigenvalue weighted by molar-refractivity contribution is 5.83. The molecule has 26 heavy (non-hydrogen) atoms. The van der Waals surface area contributed by atoms with Gasteiger partial charge in [0.15, 0.2) is 0 Å². The highest BCUT2D eigenvalue weighted by atomic mass is 16.2. The summed E-state index contributed by atoms with van der Waals surface area (Å²) in [7, 11) is 0. The van der Waals surface area contributed by atoms with Crippen molar-refractivity contribution >= 4 is 17.7 Å². The minimum atomic E-state index is -0.330. The Bertz CT molecular complexity index is 720. The largest absolute Gasteiger partial charge is 0.350 e. The predicted octanol–water partition coefficient (Wildman–Crippen LogP) is 1.26. The zero-order chi connectivity index (χ0) is 18.6. The number of hydrogen-bond donors (Lipinski definition) is 3. The van der Waals surface area contributed by atoms with E-state index in [9.17, 15) is 14.4 Å². The molecule has 1 aromatic heterocycles. The standard InChI is InChI=1S/C19H22N4O3/c24-17(21-14-16-9-4-5-12-20-16)10-6-11-18(25)22-23-19(26)13-15-7-2-1-3-8-15/h1-5,7-9,12H,6,10-11,13-14H2,(H,21,24)(H,22,25)(H,23,26). The summed E-state index contributed by atoms with van der Waals surface area (Å²) in [6.07, 6.45) is 2.64. The Morgan fingerprint density at radius 2 is 1.50 bits per heavy atom. The van der Waals surface area contributed by atoms with Gasteiger partial charge in [-0.05, 0) is 24.1 Å². The minimum absolute atomic E-state index is 0.142. The number of amides is 3. The molecule has 1 aromatic carbocycles. The van der Waals surface area contributed by atoms with E-state index in [1.165, 1.54) is 0 Å². The molecule has 7 nitrogen and oxygen atoms in total. The number of aromatic nitrogens is 1. The maximum Gasteiger partial charge on any atom is 0.242 e. The number of nitrogens with zero attached hydrogens (tertiary/aromatic N) is 1. The van der Waals surface area contributed by atoms with Crippen molar-refractivity contribution in [3.8, 4) is 0 Å². The van der Waals surface area contributed by atoms with Crippen LogP contribution in [0.1, 0.15) is 30.5 Å². The van der Waals surface area contributed by atoms with Gasteiger partial charge in [0.2, 0.25) is 17.7 Å². The van der Waals surface area contributed by atoms with E-state index < -0.39 is 0 Å². The molecule has 0 saturated carbocycles. The van der Waals surface area contributed by atoms with Crippen LogP contribution in [0.3, 0.4) is 0 Å². The van der Waals surface area contributed by atoms with Crippen LogP contribution >= 0.6 is 0 Å². The second kappa shape index (κ2) is 10.6. The van der Waals surface area contributed by atoms with E-state index in [2.05, 4.69) is 21.2 Å². The smallest absolute Gasteiger partial charge is 0.242 e. The van der Waals surface area contributed by atoms with Crippen molar-refractivity contribution in [2.45, 2.75) is 32.2 Å². The van der Waals surface area contributed by atoms with Gasteiger partial charge in [-0.1, -0.05) is 36.4 Å². The van der Waals surface area contributed by atoms with Crippen LogP contribution in [0.25, 0.3) is 0 Å². The van der Waals surface area contributed by atoms with Gasteiger partial charge in [0, 0.05) is 19.0 Å². The lowest BCUT2D eigenvalue weighted by molar-refractivity contribution is -0.128. The highest BCUT2D eigenvalue weighted by Gasteiger charge is 2.07. The minimum Gasteiger partial charge on any atom is -0.350 e. The molecule has 0 unspecified atom stereocenters. The van der Waals surface area contributed by atoms with E-state index in [1.807, 2.05) is 48.5 Å². The van der Waals surface area contributed by atoms with Gasteiger partial charge in [0.05, 0.1) is 18.7 Å². The van der Waals surface area contributed by atoms with Gasteiger partial charge in [-0.25, -0.2) is 0 Å². The number of pyridine rings is 1. The van der Waals surface area contributed by atoms with Crippen molar-refractivity contribution in [2.24, 2.45) is 0 Å². The second-order valence-electron chi connectivity index (χ2n) is 5.71. The monoisotopic (exact) mass is 354 g/mol. The van der Waals surface area contributed by atoms with Crippen molar-refractivity contribution in [2.75, 3.05) is 0 Å². The van der Waals surface area contributed by atoms with Crippen LogP contribution in [0, 0.1) is 0 Å². The van der Waals surface area contributed by atoms with Crippen molar-refractivity contribution in [3.63, 3.8) is 0 Å². The first-order valence-electron chi connectivity index (χ1n) is 8.41. The van der Waals surface area contributed by atoms with Crippen molar-refractivity contribution in [3.05, 3.63) is 66.0 Å². The SMILES string of the molecule is O=C(CCCC(=O)NNC(=O)Cc1ccccc1)NCc1ccccn1. The Kier molecular flexibility index (Phi) is 7.79. The number of carbonyl (C=O) groups excluding carboxylic acids is 3. The highest BCUT2D eigenvalue weighted by Crippen LogP contribution is 1.99. The molecule has 2 rings (SSSR count). The lowest BCUT2D eigenvalue weighted by Crippen LogP contribution is -2.42. The summed E-state index contributed by atoms with van der Waals surface area (Å²) < 4.78 is 0. The van der Waals surface area contributed by atoms with Crippen LogP contribution in [-0.4, -0.2) is 22.7 Å². The number of hydrogen-bond acceptors (Lipinski definition) is 4. The molecule has 0 atom stereocenters. The Morgan fingerprint density at radius 1 is 0.808 bits per heavy atom. The average molecular weight is 354 g/mol. The third-order valence-electron chi connectivity index (χ3n) is 3.55. The maximum atomic E-state index is 11.7. The topological polar surface area (TPSA) is 100 Å². The lowest BCUT2D eigenvalue weighted by atomic mass is 10.1. The molecule has 0 saturated heterocycles. The first-order chi connectivity index (χ1) is 12.6. The number of carbonyl (C=O) groups is 3. The van der Waals surface area contributed by atoms with Gasteiger partial charge in [-0.3, -0.25) is 30.2 Å². The van der Waals surface area contributed by atoms with E-state index in [1.54, 1.807) is 6.20 Å². The number of nitrogens with one attached hydrogen (secondary N) is 3. The predicted molar refractivity (Wildman–Crippen MR) is 96.4 cm³/mol. The van der Waals surface area contributed by atoms with E-state index >= 15 is 0 Å². The lowest BCUT2D eigenvalue weighted by Gasteiger charge is -2.08. The number of hydrazine groups is 1. The molecule has 0 radical (unpaired) electrons.